The van der Waals surface area contributed by atoms with Gasteiger partial charge in [-0.25, -0.2) is 14.1 Å². The second kappa shape index (κ2) is 8.26. The molecule has 0 atom stereocenters. The van der Waals surface area contributed by atoms with Gasteiger partial charge in [-0.1, -0.05) is 12.1 Å². The molecule has 0 unspecified atom stereocenters. The molecule has 0 saturated carbocycles. The molecule has 2 heterocycles. The maximum absolute atomic E-state index is 14.3. The summed E-state index contributed by atoms with van der Waals surface area (Å²) < 4.78 is 21.0. The topological polar surface area (TPSA) is 97.7 Å². The van der Waals surface area contributed by atoms with Crippen molar-refractivity contribution in [1.82, 2.24) is 30.3 Å². The van der Waals surface area contributed by atoms with Crippen molar-refractivity contribution < 1.29 is 13.9 Å². The molecule has 0 saturated heterocycles. The number of hydrogen-bond acceptors (Lipinski definition) is 5. The molecular formula is C23H21FN6O2. The summed E-state index contributed by atoms with van der Waals surface area (Å²) in [5, 5.41) is 14.4. The monoisotopic (exact) mass is 432 g/mol. The van der Waals surface area contributed by atoms with Crippen LogP contribution in [0.4, 0.5) is 4.39 Å². The number of nitrogens with one attached hydrogen (secondary N) is 2. The van der Waals surface area contributed by atoms with Gasteiger partial charge in [0, 0.05) is 16.8 Å². The fourth-order valence-electron chi connectivity index (χ4n) is 3.93. The third kappa shape index (κ3) is 3.62. The number of carbonyl (C=O) groups excluding carboxylic acids is 1. The predicted octanol–water partition coefficient (Wildman–Crippen LogP) is 3.22. The maximum atomic E-state index is 14.3. The first-order valence-electron chi connectivity index (χ1n) is 10.3. The highest BCUT2D eigenvalue weighted by atomic mass is 19.1. The Hall–Kier alpha value is -4.01. The quantitative estimate of drug-likeness (QED) is 0.488. The summed E-state index contributed by atoms with van der Waals surface area (Å²) in [6, 6.07) is 13.8. The van der Waals surface area contributed by atoms with Crippen molar-refractivity contribution in [2.24, 2.45) is 0 Å². The molecule has 32 heavy (non-hydrogen) atoms. The fraction of sp³-hybridized carbons (Fsp3) is 0.217. The summed E-state index contributed by atoms with van der Waals surface area (Å²) >= 11 is 0. The number of aromatic amines is 1. The molecule has 2 aromatic heterocycles. The second-order valence-electron chi connectivity index (χ2n) is 7.51. The van der Waals surface area contributed by atoms with Gasteiger partial charge in [0.2, 0.25) is 0 Å². The highest BCUT2D eigenvalue weighted by Crippen LogP contribution is 2.28. The summed E-state index contributed by atoms with van der Waals surface area (Å²) in [6.07, 6.45) is 2.42. The Bertz CT molecular complexity index is 1280. The molecule has 8 nitrogen and oxygen atoms in total. The van der Waals surface area contributed by atoms with Crippen molar-refractivity contribution in [3.05, 3.63) is 77.1 Å². The highest BCUT2D eigenvalue weighted by Gasteiger charge is 2.27. The molecule has 5 rings (SSSR count). The van der Waals surface area contributed by atoms with E-state index in [2.05, 4.69) is 25.6 Å². The van der Waals surface area contributed by atoms with Crippen molar-refractivity contribution in [2.75, 3.05) is 7.11 Å². The number of nitrogens with zero attached hydrogens (tertiary/aromatic N) is 4. The number of methoxy groups -OCH3 is 1. The first kappa shape index (κ1) is 19.9. The zero-order chi connectivity index (χ0) is 22.1. The molecule has 2 N–H and O–H groups in total. The Kier molecular flexibility index (Phi) is 5.14. The van der Waals surface area contributed by atoms with E-state index in [1.807, 2.05) is 24.3 Å². The molecule has 1 aliphatic carbocycles. The number of amides is 1. The number of aromatic nitrogens is 5. The van der Waals surface area contributed by atoms with E-state index in [0.717, 1.165) is 41.8 Å². The molecule has 0 spiro atoms. The Labute approximate surface area is 183 Å². The third-order valence-corrected chi connectivity index (χ3v) is 5.52. The third-order valence-electron chi connectivity index (χ3n) is 5.52. The SMILES string of the molecule is COc1ccc(-c2n[nH]c(CNC(=O)c3nn(-c4ccccc4F)c4c3CCC4)n2)cc1. The summed E-state index contributed by atoms with van der Waals surface area (Å²) in [6.45, 7) is 0.170. The fourth-order valence-corrected chi connectivity index (χ4v) is 3.93. The number of ether oxygens (including phenoxy) is 1. The van der Waals surface area contributed by atoms with Gasteiger partial charge < -0.3 is 10.1 Å². The molecule has 0 radical (unpaired) electrons. The largest absolute Gasteiger partial charge is 0.497 e. The zero-order valence-electron chi connectivity index (χ0n) is 17.4. The lowest BCUT2D eigenvalue weighted by atomic mass is 10.2. The number of para-hydroxylation sites is 1. The summed E-state index contributed by atoms with van der Waals surface area (Å²) in [5.41, 5.74) is 3.28. The van der Waals surface area contributed by atoms with Crippen LogP contribution in [0.25, 0.3) is 17.1 Å². The minimum atomic E-state index is -0.371. The number of hydrogen-bond donors (Lipinski definition) is 2. The Morgan fingerprint density at radius 1 is 1.19 bits per heavy atom. The van der Waals surface area contributed by atoms with Gasteiger partial charge in [0.15, 0.2) is 11.5 Å². The Morgan fingerprint density at radius 2 is 2.00 bits per heavy atom. The normalized spacial score (nSPS) is 12.6. The van der Waals surface area contributed by atoms with E-state index in [9.17, 15) is 9.18 Å². The zero-order valence-corrected chi connectivity index (χ0v) is 17.4. The standard InChI is InChI=1S/C23H21FN6O2/c1-32-15-11-9-14(10-12-15)22-26-20(27-28-22)13-25-23(31)21-16-5-4-8-18(16)30(29-21)19-7-3-2-6-17(19)24/h2-3,6-7,9-12H,4-5,8,13H2,1H3,(H,25,31)(H,26,27,28). The van der Waals surface area contributed by atoms with Crippen molar-refractivity contribution in [1.29, 1.82) is 0 Å². The van der Waals surface area contributed by atoms with Crippen LogP contribution in [0.5, 0.6) is 5.75 Å². The molecular weight excluding hydrogens is 411 g/mol. The minimum Gasteiger partial charge on any atom is -0.497 e. The Balaban J connectivity index is 1.33. The van der Waals surface area contributed by atoms with E-state index < -0.39 is 0 Å². The van der Waals surface area contributed by atoms with Crippen LogP contribution in [0, 0.1) is 5.82 Å². The second-order valence-corrected chi connectivity index (χ2v) is 7.51. The van der Waals surface area contributed by atoms with Crippen molar-refractivity contribution >= 4 is 5.91 Å². The van der Waals surface area contributed by atoms with E-state index >= 15 is 0 Å². The van der Waals surface area contributed by atoms with Gasteiger partial charge >= 0.3 is 0 Å². The van der Waals surface area contributed by atoms with Crippen LogP contribution in [0.15, 0.2) is 48.5 Å². The van der Waals surface area contributed by atoms with E-state index in [4.69, 9.17) is 4.74 Å². The number of benzene rings is 2. The van der Waals surface area contributed by atoms with Gasteiger partial charge in [0.25, 0.3) is 5.91 Å². The van der Waals surface area contributed by atoms with Crippen molar-refractivity contribution in [2.45, 2.75) is 25.8 Å². The molecule has 0 bridgehead atoms. The Morgan fingerprint density at radius 3 is 2.78 bits per heavy atom. The number of halogens is 1. The highest BCUT2D eigenvalue weighted by molar-refractivity contribution is 5.94. The van der Waals surface area contributed by atoms with Gasteiger partial charge in [0.05, 0.1) is 13.7 Å². The van der Waals surface area contributed by atoms with Crippen LogP contribution in [-0.2, 0) is 19.4 Å². The van der Waals surface area contributed by atoms with E-state index in [-0.39, 0.29) is 18.3 Å². The van der Waals surface area contributed by atoms with Gasteiger partial charge in [-0.3, -0.25) is 9.89 Å². The molecule has 1 amide bonds. The van der Waals surface area contributed by atoms with Crippen LogP contribution in [-0.4, -0.2) is 38.0 Å². The van der Waals surface area contributed by atoms with Crippen LogP contribution in [0.3, 0.4) is 0 Å². The summed E-state index contributed by atoms with van der Waals surface area (Å²) in [7, 11) is 1.61. The smallest absolute Gasteiger partial charge is 0.272 e. The van der Waals surface area contributed by atoms with Crippen molar-refractivity contribution in [3.63, 3.8) is 0 Å². The number of rotatable bonds is 6. The predicted molar refractivity (Wildman–Crippen MR) is 115 cm³/mol. The van der Waals surface area contributed by atoms with Gasteiger partial charge in [-0.05, 0) is 55.7 Å². The van der Waals surface area contributed by atoms with Crippen LogP contribution in [0.2, 0.25) is 0 Å². The number of H-pyrrole nitrogens is 1. The summed E-state index contributed by atoms with van der Waals surface area (Å²) in [5.74, 6) is 1.11. The van der Waals surface area contributed by atoms with Gasteiger partial charge in [-0.2, -0.15) is 10.2 Å². The molecule has 0 aliphatic heterocycles. The summed E-state index contributed by atoms with van der Waals surface area (Å²) in [4.78, 5) is 17.3. The molecule has 1 aliphatic rings. The maximum Gasteiger partial charge on any atom is 0.272 e. The number of fused-ring (bicyclic) bond motifs is 1. The van der Waals surface area contributed by atoms with Crippen molar-refractivity contribution in [3.8, 4) is 22.8 Å². The number of carbonyl (C=O) groups is 1. The molecule has 9 heteroatoms. The van der Waals surface area contributed by atoms with Crippen LogP contribution >= 0.6 is 0 Å². The van der Waals surface area contributed by atoms with Gasteiger partial charge in [0.1, 0.15) is 23.1 Å². The lowest BCUT2D eigenvalue weighted by Crippen LogP contribution is -2.25. The lowest BCUT2D eigenvalue weighted by Gasteiger charge is -2.06. The van der Waals surface area contributed by atoms with Crippen LogP contribution < -0.4 is 10.1 Å². The van der Waals surface area contributed by atoms with E-state index in [1.54, 1.807) is 30.0 Å². The van der Waals surface area contributed by atoms with E-state index in [1.165, 1.54) is 6.07 Å². The molecule has 162 valence electrons. The van der Waals surface area contributed by atoms with Gasteiger partial charge in [-0.15, -0.1) is 0 Å². The van der Waals surface area contributed by atoms with E-state index in [0.29, 0.717) is 23.0 Å². The first-order valence-corrected chi connectivity index (χ1v) is 10.3. The average molecular weight is 432 g/mol. The first-order chi connectivity index (χ1) is 15.6. The van der Waals surface area contributed by atoms with Crippen LogP contribution in [0.1, 0.15) is 34.0 Å². The molecule has 0 fully saturated rings. The average Bonchev–Trinajstić information content (AvgIpc) is 3.55. The molecule has 4 aromatic rings. The lowest BCUT2D eigenvalue weighted by molar-refractivity contribution is 0.0943. The molecule has 2 aromatic carbocycles. The minimum absolute atomic E-state index is 0.170.